The molecule has 1 aromatic heterocycles. The molecule has 1 aliphatic rings. The number of thiophene rings is 1. The standard InChI is InChI=1S/C32H41N3O5S/c1-5-25-9-6-7-11-28(25)33-32(37)35(20-26-10-8-18-40-26)22-31(36)34(21-27-14-12-23(2)41-27)17-16-24-13-15-29(38-3)30(19-24)39-4/h6-7,9,11-15,19,26H,5,8,10,16-18,20-22H2,1-4H3,(H,33,37). The molecule has 1 unspecified atom stereocenters. The Bertz CT molecular complexity index is 1300. The molecule has 4 rings (SSSR count). The molecule has 220 valence electrons. The number of carbonyl (C=O) groups excluding carboxylic acids is 2. The lowest BCUT2D eigenvalue weighted by Gasteiger charge is -2.29. The average Bonchev–Trinajstić information content (AvgIpc) is 3.66. The molecule has 3 aromatic rings. The van der Waals surface area contributed by atoms with Gasteiger partial charge in [-0.1, -0.05) is 31.2 Å². The van der Waals surface area contributed by atoms with Gasteiger partial charge in [-0.15, -0.1) is 11.3 Å². The average molecular weight is 580 g/mol. The van der Waals surface area contributed by atoms with Crippen LogP contribution in [-0.2, 0) is 28.9 Å². The lowest BCUT2D eigenvalue weighted by Crippen LogP contribution is -2.47. The predicted octanol–water partition coefficient (Wildman–Crippen LogP) is 5.92. The van der Waals surface area contributed by atoms with Crippen molar-refractivity contribution in [3.63, 3.8) is 0 Å². The van der Waals surface area contributed by atoms with Gasteiger partial charge in [0.15, 0.2) is 11.5 Å². The van der Waals surface area contributed by atoms with Crippen LogP contribution in [0.4, 0.5) is 10.5 Å². The number of ether oxygens (including phenoxy) is 3. The Morgan fingerprint density at radius 2 is 1.85 bits per heavy atom. The van der Waals surface area contributed by atoms with E-state index >= 15 is 0 Å². The number of carbonyl (C=O) groups is 2. The lowest BCUT2D eigenvalue weighted by atomic mass is 10.1. The SMILES string of the molecule is CCc1ccccc1NC(=O)N(CC(=O)N(CCc1ccc(OC)c(OC)c1)Cc1ccc(C)s1)CC1CCCO1. The summed E-state index contributed by atoms with van der Waals surface area (Å²) in [6.45, 7) is 6.12. The smallest absolute Gasteiger partial charge is 0.322 e. The van der Waals surface area contributed by atoms with Crippen molar-refractivity contribution in [3.05, 3.63) is 75.5 Å². The molecular weight excluding hydrogens is 538 g/mol. The highest BCUT2D eigenvalue weighted by molar-refractivity contribution is 7.11. The van der Waals surface area contributed by atoms with E-state index in [1.807, 2.05) is 47.4 Å². The highest BCUT2D eigenvalue weighted by Crippen LogP contribution is 2.28. The summed E-state index contributed by atoms with van der Waals surface area (Å²) in [6.07, 6.45) is 3.20. The number of rotatable bonds is 13. The summed E-state index contributed by atoms with van der Waals surface area (Å²) in [4.78, 5) is 33.2. The molecule has 0 saturated carbocycles. The van der Waals surface area contributed by atoms with Crippen LogP contribution in [0.2, 0.25) is 0 Å². The summed E-state index contributed by atoms with van der Waals surface area (Å²) >= 11 is 1.68. The van der Waals surface area contributed by atoms with Crippen molar-refractivity contribution in [1.82, 2.24) is 9.80 Å². The molecule has 9 heteroatoms. The molecule has 3 amide bonds. The van der Waals surface area contributed by atoms with Gasteiger partial charge >= 0.3 is 6.03 Å². The normalized spacial score (nSPS) is 14.5. The Morgan fingerprint density at radius 3 is 2.54 bits per heavy atom. The van der Waals surface area contributed by atoms with Crippen molar-refractivity contribution < 1.29 is 23.8 Å². The minimum atomic E-state index is -0.290. The topological polar surface area (TPSA) is 80.3 Å². The molecule has 2 heterocycles. The number of aryl methyl sites for hydroxylation is 2. The first-order chi connectivity index (χ1) is 19.9. The van der Waals surface area contributed by atoms with Crippen LogP contribution < -0.4 is 14.8 Å². The second-order valence-electron chi connectivity index (χ2n) is 10.2. The van der Waals surface area contributed by atoms with Gasteiger partial charge in [0.1, 0.15) is 6.54 Å². The summed E-state index contributed by atoms with van der Waals surface area (Å²) < 4.78 is 16.7. The molecule has 1 atom stereocenters. The van der Waals surface area contributed by atoms with Gasteiger partial charge in [0.2, 0.25) is 5.91 Å². The highest BCUT2D eigenvalue weighted by Gasteiger charge is 2.27. The molecule has 1 N–H and O–H groups in total. The van der Waals surface area contributed by atoms with Gasteiger partial charge in [-0.3, -0.25) is 4.79 Å². The second-order valence-corrected chi connectivity index (χ2v) is 11.6. The van der Waals surface area contributed by atoms with E-state index in [0.717, 1.165) is 41.0 Å². The zero-order valence-corrected chi connectivity index (χ0v) is 25.3. The zero-order chi connectivity index (χ0) is 29.2. The van der Waals surface area contributed by atoms with Crippen molar-refractivity contribution in [2.45, 2.75) is 52.2 Å². The van der Waals surface area contributed by atoms with E-state index in [-0.39, 0.29) is 24.6 Å². The number of benzene rings is 2. The first-order valence-electron chi connectivity index (χ1n) is 14.2. The maximum atomic E-state index is 13.9. The summed E-state index contributed by atoms with van der Waals surface area (Å²) in [5.41, 5.74) is 2.85. The van der Waals surface area contributed by atoms with Crippen LogP contribution in [0.25, 0.3) is 0 Å². The Labute approximate surface area is 247 Å². The van der Waals surface area contributed by atoms with Crippen LogP contribution >= 0.6 is 11.3 Å². The lowest BCUT2D eigenvalue weighted by molar-refractivity contribution is -0.132. The highest BCUT2D eigenvalue weighted by atomic mass is 32.1. The maximum Gasteiger partial charge on any atom is 0.322 e. The molecule has 41 heavy (non-hydrogen) atoms. The predicted molar refractivity (Wildman–Crippen MR) is 163 cm³/mol. The maximum absolute atomic E-state index is 13.9. The van der Waals surface area contributed by atoms with Gasteiger partial charge in [0.05, 0.1) is 26.9 Å². The Balaban J connectivity index is 1.52. The fourth-order valence-electron chi connectivity index (χ4n) is 5.01. The Hall–Kier alpha value is -3.56. The summed E-state index contributed by atoms with van der Waals surface area (Å²) in [5.74, 6) is 1.22. The van der Waals surface area contributed by atoms with E-state index in [1.165, 1.54) is 4.88 Å². The van der Waals surface area contributed by atoms with Crippen LogP contribution in [0.15, 0.2) is 54.6 Å². The third kappa shape index (κ3) is 8.47. The fraction of sp³-hybridized carbons (Fsp3) is 0.438. The second kappa shape index (κ2) is 14.9. The molecule has 1 aliphatic heterocycles. The number of hydrogen-bond acceptors (Lipinski definition) is 6. The molecule has 2 aromatic carbocycles. The summed E-state index contributed by atoms with van der Waals surface area (Å²) in [7, 11) is 3.23. The van der Waals surface area contributed by atoms with Crippen LogP contribution in [0.1, 0.15) is 40.6 Å². The number of nitrogens with one attached hydrogen (secondary N) is 1. The molecule has 0 aliphatic carbocycles. The fourth-order valence-corrected chi connectivity index (χ4v) is 5.92. The Kier molecular flexibility index (Phi) is 11.0. The molecular formula is C32H41N3O5S. The van der Waals surface area contributed by atoms with E-state index < -0.39 is 0 Å². The number of methoxy groups -OCH3 is 2. The minimum absolute atomic E-state index is 0.0315. The van der Waals surface area contributed by atoms with E-state index in [0.29, 0.717) is 44.2 Å². The van der Waals surface area contributed by atoms with Crippen LogP contribution in [0.3, 0.4) is 0 Å². The van der Waals surface area contributed by atoms with Gasteiger partial charge in [-0.05, 0) is 74.1 Å². The van der Waals surface area contributed by atoms with E-state index in [2.05, 4.69) is 31.3 Å². The van der Waals surface area contributed by atoms with E-state index in [9.17, 15) is 9.59 Å². The number of urea groups is 1. The van der Waals surface area contributed by atoms with Gasteiger partial charge in [0.25, 0.3) is 0 Å². The van der Waals surface area contributed by atoms with Crippen LogP contribution in [0.5, 0.6) is 11.5 Å². The zero-order valence-electron chi connectivity index (χ0n) is 24.5. The van der Waals surface area contributed by atoms with Gasteiger partial charge in [-0.25, -0.2) is 4.79 Å². The monoisotopic (exact) mass is 579 g/mol. The van der Waals surface area contributed by atoms with Crippen molar-refractivity contribution in [2.24, 2.45) is 0 Å². The van der Waals surface area contributed by atoms with Gasteiger partial charge < -0.3 is 29.3 Å². The number of hydrogen-bond donors (Lipinski definition) is 1. The third-order valence-electron chi connectivity index (χ3n) is 7.31. The summed E-state index contributed by atoms with van der Waals surface area (Å²) in [5, 5.41) is 3.05. The van der Waals surface area contributed by atoms with E-state index in [1.54, 1.807) is 30.5 Å². The van der Waals surface area contributed by atoms with Gasteiger partial charge in [-0.2, -0.15) is 0 Å². The van der Waals surface area contributed by atoms with Gasteiger partial charge in [0, 0.05) is 35.1 Å². The molecule has 0 spiro atoms. The molecule has 1 saturated heterocycles. The van der Waals surface area contributed by atoms with Crippen molar-refractivity contribution in [3.8, 4) is 11.5 Å². The van der Waals surface area contributed by atoms with Crippen molar-refractivity contribution >= 4 is 29.0 Å². The van der Waals surface area contributed by atoms with Crippen molar-refractivity contribution in [1.29, 1.82) is 0 Å². The van der Waals surface area contributed by atoms with Crippen LogP contribution in [0, 0.1) is 6.92 Å². The first kappa shape index (κ1) is 30.4. The number of amides is 3. The molecule has 8 nitrogen and oxygen atoms in total. The largest absolute Gasteiger partial charge is 0.493 e. The number of nitrogens with zero attached hydrogens (tertiary/aromatic N) is 2. The minimum Gasteiger partial charge on any atom is -0.493 e. The third-order valence-corrected chi connectivity index (χ3v) is 8.30. The molecule has 0 radical (unpaired) electrons. The first-order valence-corrected chi connectivity index (χ1v) is 15.0. The number of para-hydroxylation sites is 1. The van der Waals surface area contributed by atoms with Crippen molar-refractivity contribution in [2.75, 3.05) is 45.8 Å². The van der Waals surface area contributed by atoms with Crippen LogP contribution in [-0.4, -0.2) is 68.3 Å². The molecule has 1 fully saturated rings. The van der Waals surface area contributed by atoms with E-state index in [4.69, 9.17) is 14.2 Å². The summed E-state index contributed by atoms with van der Waals surface area (Å²) in [6, 6.07) is 17.4. The quantitative estimate of drug-likeness (QED) is 0.272. The Morgan fingerprint density at radius 1 is 1.05 bits per heavy atom. The number of anilines is 1. The molecule has 0 bridgehead atoms.